The molecule has 16 heavy (non-hydrogen) atoms. The Bertz CT molecular complexity index is 651. The average Bonchev–Trinajstić information content (AvgIpc) is 2.83. The van der Waals surface area contributed by atoms with Crippen molar-refractivity contribution in [3.63, 3.8) is 0 Å². The number of hydrogen-bond acceptors (Lipinski definition) is 3. The van der Waals surface area contributed by atoms with Gasteiger partial charge in [-0.1, -0.05) is 6.07 Å². The van der Waals surface area contributed by atoms with E-state index in [1.165, 1.54) is 16.7 Å². The lowest BCUT2D eigenvalue weighted by Gasteiger charge is -1.98. The van der Waals surface area contributed by atoms with Gasteiger partial charge in [-0.3, -0.25) is 0 Å². The fraction of sp³-hybridized carbons (Fsp3) is 0.0833. The number of nitrogens with two attached hydrogens (primary N) is 1. The topological polar surface area (TPSA) is 54.7 Å². The van der Waals surface area contributed by atoms with E-state index < -0.39 is 0 Å². The van der Waals surface area contributed by atoms with Gasteiger partial charge in [0.25, 0.3) is 0 Å². The van der Waals surface area contributed by atoms with Gasteiger partial charge in [-0.05, 0) is 25.1 Å². The number of aromatic amines is 1. The number of aryl methyl sites for hydroxylation is 1. The van der Waals surface area contributed by atoms with Gasteiger partial charge in [-0.2, -0.15) is 0 Å². The standard InChI is InChI=1S/C12H11N3S/c1-7-11(15-12(13)16-7)9-2-3-10-8(6-9)4-5-14-10/h2-6,14H,1H3,(H2,13,15). The Labute approximate surface area is 96.9 Å². The Morgan fingerprint density at radius 3 is 2.94 bits per heavy atom. The molecule has 3 N–H and O–H groups in total. The molecule has 0 aliphatic carbocycles. The highest BCUT2D eigenvalue weighted by Gasteiger charge is 2.08. The monoisotopic (exact) mass is 229 g/mol. The van der Waals surface area contributed by atoms with Crippen LogP contribution < -0.4 is 5.73 Å². The maximum absolute atomic E-state index is 5.71. The van der Waals surface area contributed by atoms with Crippen LogP contribution in [0.3, 0.4) is 0 Å². The Morgan fingerprint density at radius 2 is 2.19 bits per heavy atom. The molecule has 3 nitrogen and oxygen atoms in total. The van der Waals surface area contributed by atoms with Gasteiger partial charge >= 0.3 is 0 Å². The van der Waals surface area contributed by atoms with Crippen molar-refractivity contribution in [1.82, 2.24) is 9.97 Å². The smallest absolute Gasteiger partial charge is 0.180 e. The van der Waals surface area contributed by atoms with Crippen LogP contribution >= 0.6 is 11.3 Å². The zero-order chi connectivity index (χ0) is 11.1. The first-order chi connectivity index (χ1) is 7.74. The van der Waals surface area contributed by atoms with Crippen LogP contribution in [0.2, 0.25) is 0 Å². The maximum Gasteiger partial charge on any atom is 0.180 e. The highest BCUT2D eigenvalue weighted by molar-refractivity contribution is 7.15. The van der Waals surface area contributed by atoms with Crippen molar-refractivity contribution in [2.45, 2.75) is 6.92 Å². The first-order valence-corrected chi connectivity index (χ1v) is 5.86. The van der Waals surface area contributed by atoms with Crippen LogP contribution in [-0.4, -0.2) is 9.97 Å². The van der Waals surface area contributed by atoms with Gasteiger partial charge in [0.15, 0.2) is 5.13 Å². The predicted octanol–water partition coefficient (Wildman–Crippen LogP) is 3.18. The van der Waals surface area contributed by atoms with E-state index in [1.807, 2.05) is 13.1 Å². The van der Waals surface area contributed by atoms with Gasteiger partial charge < -0.3 is 10.7 Å². The maximum atomic E-state index is 5.71. The summed E-state index contributed by atoms with van der Waals surface area (Å²) in [4.78, 5) is 8.69. The first kappa shape index (κ1) is 9.42. The predicted molar refractivity (Wildman–Crippen MR) is 68.6 cm³/mol. The van der Waals surface area contributed by atoms with E-state index in [-0.39, 0.29) is 0 Å². The van der Waals surface area contributed by atoms with Gasteiger partial charge in [0.1, 0.15) is 0 Å². The number of hydrogen-bond donors (Lipinski definition) is 2. The Hall–Kier alpha value is -1.81. The van der Waals surface area contributed by atoms with Crippen molar-refractivity contribution in [3.8, 4) is 11.3 Å². The number of H-pyrrole nitrogens is 1. The summed E-state index contributed by atoms with van der Waals surface area (Å²) in [6.07, 6.45) is 1.94. The third-order valence-electron chi connectivity index (χ3n) is 2.64. The molecular formula is C12H11N3S. The van der Waals surface area contributed by atoms with Gasteiger partial charge in [0.2, 0.25) is 0 Å². The molecule has 80 valence electrons. The fourth-order valence-corrected chi connectivity index (χ4v) is 2.60. The minimum Gasteiger partial charge on any atom is -0.375 e. The second-order valence-corrected chi connectivity index (χ2v) is 4.97. The number of aromatic nitrogens is 2. The molecule has 3 rings (SSSR count). The van der Waals surface area contributed by atoms with Crippen molar-refractivity contribution in [3.05, 3.63) is 35.3 Å². The second kappa shape index (κ2) is 3.35. The summed E-state index contributed by atoms with van der Waals surface area (Å²) in [5.74, 6) is 0. The van der Waals surface area contributed by atoms with Crippen molar-refractivity contribution >= 4 is 27.4 Å². The molecule has 0 aliphatic rings. The molecule has 0 amide bonds. The summed E-state index contributed by atoms with van der Waals surface area (Å²) in [7, 11) is 0. The number of nitrogens with one attached hydrogen (secondary N) is 1. The molecule has 3 aromatic rings. The molecular weight excluding hydrogens is 218 g/mol. The van der Waals surface area contributed by atoms with Crippen LogP contribution in [0.4, 0.5) is 5.13 Å². The van der Waals surface area contributed by atoms with Gasteiger partial charge in [0, 0.05) is 27.5 Å². The minimum absolute atomic E-state index is 0.627. The number of thiazole rings is 1. The van der Waals surface area contributed by atoms with E-state index in [4.69, 9.17) is 5.73 Å². The summed E-state index contributed by atoms with van der Waals surface area (Å²) >= 11 is 1.53. The summed E-state index contributed by atoms with van der Waals surface area (Å²) in [5, 5.41) is 1.82. The Kier molecular flexibility index (Phi) is 1.97. The van der Waals surface area contributed by atoms with Crippen LogP contribution in [0.5, 0.6) is 0 Å². The minimum atomic E-state index is 0.627. The number of anilines is 1. The van der Waals surface area contributed by atoms with Crippen LogP contribution in [0.15, 0.2) is 30.5 Å². The quantitative estimate of drug-likeness (QED) is 0.673. The van der Waals surface area contributed by atoms with E-state index >= 15 is 0 Å². The molecule has 0 saturated heterocycles. The Balaban J connectivity index is 2.21. The molecule has 2 heterocycles. The first-order valence-electron chi connectivity index (χ1n) is 5.04. The largest absolute Gasteiger partial charge is 0.375 e. The van der Waals surface area contributed by atoms with Crippen molar-refractivity contribution < 1.29 is 0 Å². The lowest BCUT2D eigenvalue weighted by molar-refractivity contribution is 1.38. The zero-order valence-electron chi connectivity index (χ0n) is 8.82. The molecule has 1 aromatic carbocycles. The molecule has 0 radical (unpaired) electrons. The highest BCUT2D eigenvalue weighted by Crippen LogP contribution is 2.30. The summed E-state index contributed by atoms with van der Waals surface area (Å²) in [6, 6.07) is 8.33. The number of fused-ring (bicyclic) bond motifs is 1. The van der Waals surface area contributed by atoms with E-state index in [1.54, 1.807) is 0 Å². The molecule has 0 bridgehead atoms. The molecule has 0 unspecified atom stereocenters. The number of nitrogen functional groups attached to an aromatic ring is 1. The molecule has 2 aromatic heterocycles. The van der Waals surface area contributed by atoms with Crippen LogP contribution in [0, 0.1) is 6.92 Å². The number of rotatable bonds is 1. The van der Waals surface area contributed by atoms with Crippen molar-refractivity contribution in [2.75, 3.05) is 5.73 Å². The second-order valence-electron chi connectivity index (χ2n) is 3.74. The lowest BCUT2D eigenvalue weighted by atomic mass is 10.1. The van der Waals surface area contributed by atoms with Crippen molar-refractivity contribution in [1.29, 1.82) is 0 Å². The van der Waals surface area contributed by atoms with Crippen LogP contribution in [0.1, 0.15) is 4.88 Å². The van der Waals surface area contributed by atoms with Crippen LogP contribution in [-0.2, 0) is 0 Å². The van der Waals surface area contributed by atoms with Crippen LogP contribution in [0.25, 0.3) is 22.2 Å². The molecule has 0 atom stereocenters. The molecule has 0 saturated carbocycles. The van der Waals surface area contributed by atoms with E-state index in [9.17, 15) is 0 Å². The fourth-order valence-electron chi connectivity index (χ4n) is 1.89. The number of nitrogens with zero attached hydrogens (tertiary/aromatic N) is 1. The van der Waals surface area contributed by atoms with Gasteiger partial charge in [-0.15, -0.1) is 11.3 Å². The molecule has 0 spiro atoms. The summed E-state index contributed by atoms with van der Waals surface area (Å²) < 4.78 is 0. The normalized spacial score (nSPS) is 11.1. The van der Waals surface area contributed by atoms with Crippen molar-refractivity contribution in [2.24, 2.45) is 0 Å². The Morgan fingerprint density at radius 1 is 1.31 bits per heavy atom. The van der Waals surface area contributed by atoms with Gasteiger partial charge in [0.05, 0.1) is 5.69 Å². The average molecular weight is 229 g/mol. The van der Waals surface area contributed by atoms with E-state index in [0.29, 0.717) is 5.13 Å². The van der Waals surface area contributed by atoms with E-state index in [2.05, 4.69) is 34.2 Å². The third-order valence-corrected chi connectivity index (χ3v) is 3.44. The SMILES string of the molecule is Cc1sc(N)nc1-c1ccc2[nH]ccc2c1. The van der Waals surface area contributed by atoms with Gasteiger partial charge in [-0.25, -0.2) is 4.98 Å². The molecule has 4 heteroatoms. The summed E-state index contributed by atoms with van der Waals surface area (Å²) in [5.41, 5.74) is 8.97. The lowest BCUT2D eigenvalue weighted by Crippen LogP contribution is -1.83. The zero-order valence-corrected chi connectivity index (χ0v) is 9.64. The number of benzene rings is 1. The molecule has 0 aliphatic heterocycles. The molecule has 0 fully saturated rings. The third kappa shape index (κ3) is 1.39. The highest BCUT2D eigenvalue weighted by atomic mass is 32.1. The van der Waals surface area contributed by atoms with E-state index in [0.717, 1.165) is 21.7 Å². The summed E-state index contributed by atoms with van der Waals surface area (Å²) in [6.45, 7) is 2.05.